The highest BCUT2D eigenvalue weighted by Crippen LogP contribution is 2.48. The number of hydrogen-bond acceptors (Lipinski definition) is 4. The van der Waals surface area contributed by atoms with Gasteiger partial charge in [0, 0.05) is 39.8 Å². The number of ether oxygens (including phenoxy) is 1. The average molecular weight is 586 g/mol. The van der Waals surface area contributed by atoms with Gasteiger partial charge in [0.2, 0.25) is 5.91 Å². The molecule has 2 saturated carbocycles. The SMILES string of the molecule is CN(CCC1CC(C(F)(F)F)CC(C(F)(F)F)C1)C(=O)C(C1CCCCC1)N1CCN(C(=O)OC(C)(C)C)CC1. The lowest BCUT2D eigenvalue weighted by Crippen LogP contribution is -2.59. The summed E-state index contributed by atoms with van der Waals surface area (Å²) in [6.07, 6.45) is -6.33. The maximum Gasteiger partial charge on any atom is 0.410 e. The summed E-state index contributed by atoms with van der Waals surface area (Å²) in [6, 6.07) is -0.428. The molecule has 3 aliphatic rings. The Bertz CT molecular complexity index is 824. The second kappa shape index (κ2) is 13.1. The smallest absolute Gasteiger partial charge is 0.410 e. The Hall–Kier alpha value is -1.72. The van der Waals surface area contributed by atoms with Crippen molar-refractivity contribution in [3.63, 3.8) is 0 Å². The summed E-state index contributed by atoms with van der Waals surface area (Å²) >= 11 is 0. The van der Waals surface area contributed by atoms with Gasteiger partial charge in [-0.25, -0.2) is 4.79 Å². The summed E-state index contributed by atoms with van der Waals surface area (Å²) in [5.74, 6) is -4.73. The quantitative estimate of drug-likeness (QED) is 0.335. The molecule has 0 spiro atoms. The van der Waals surface area contributed by atoms with E-state index in [1.165, 1.54) is 4.90 Å². The summed E-state index contributed by atoms with van der Waals surface area (Å²) in [4.78, 5) is 31.5. The van der Waals surface area contributed by atoms with Gasteiger partial charge in [0.25, 0.3) is 0 Å². The van der Waals surface area contributed by atoms with Gasteiger partial charge in [0.05, 0.1) is 17.9 Å². The van der Waals surface area contributed by atoms with Gasteiger partial charge in [-0.15, -0.1) is 0 Å². The van der Waals surface area contributed by atoms with Gasteiger partial charge in [0.1, 0.15) is 5.60 Å². The van der Waals surface area contributed by atoms with E-state index >= 15 is 0 Å². The fourth-order valence-electron chi connectivity index (χ4n) is 6.53. The summed E-state index contributed by atoms with van der Waals surface area (Å²) < 4.78 is 85.9. The van der Waals surface area contributed by atoms with Gasteiger partial charge in [-0.3, -0.25) is 9.69 Å². The number of alkyl halides is 6. The van der Waals surface area contributed by atoms with Gasteiger partial charge < -0.3 is 14.5 Å². The average Bonchev–Trinajstić information content (AvgIpc) is 2.86. The van der Waals surface area contributed by atoms with Crippen LogP contribution in [0, 0.1) is 23.7 Å². The van der Waals surface area contributed by atoms with Crippen LogP contribution in [0.1, 0.15) is 78.6 Å². The molecule has 0 aromatic rings. The van der Waals surface area contributed by atoms with Crippen LogP contribution in [-0.2, 0) is 9.53 Å². The van der Waals surface area contributed by atoms with Crippen LogP contribution in [0.15, 0.2) is 0 Å². The van der Waals surface area contributed by atoms with E-state index in [9.17, 15) is 35.9 Å². The number of hydrogen-bond donors (Lipinski definition) is 0. The van der Waals surface area contributed by atoms with E-state index in [0.717, 1.165) is 32.1 Å². The van der Waals surface area contributed by atoms with Crippen LogP contribution in [0.5, 0.6) is 0 Å². The van der Waals surface area contributed by atoms with Crippen molar-refractivity contribution in [2.45, 2.75) is 103 Å². The molecule has 3 fully saturated rings. The molecular weight excluding hydrogens is 540 g/mol. The maximum atomic E-state index is 13.8. The zero-order chi connectivity index (χ0) is 29.9. The van der Waals surface area contributed by atoms with Crippen molar-refractivity contribution in [1.82, 2.24) is 14.7 Å². The minimum atomic E-state index is -4.67. The van der Waals surface area contributed by atoms with Crippen molar-refractivity contribution >= 4 is 12.0 Å². The molecule has 2 amide bonds. The number of halogens is 6. The molecule has 0 bridgehead atoms. The third-order valence-electron chi connectivity index (χ3n) is 8.69. The predicted molar refractivity (Wildman–Crippen MR) is 138 cm³/mol. The fourth-order valence-corrected chi connectivity index (χ4v) is 6.53. The van der Waals surface area contributed by atoms with Gasteiger partial charge >= 0.3 is 18.4 Å². The molecular formula is C28H45F6N3O3. The minimum absolute atomic E-state index is 0.102. The summed E-state index contributed by atoms with van der Waals surface area (Å²) in [5.41, 5.74) is -0.615. The summed E-state index contributed by atoms with van der Waals surface area (Å²) in [7, 11) is 1.60. The molecule has 3 unspecified atom stereocenters. The first-order valence-corrected chi connectivity index (χ1v) is 14.6. The van der Waals surface area contributed by atoms with E-state index in [0.29, 0.717) is 26.2 Å². The molecule has 232 valence electrons. The number of nitrogens with zero attached hydrogens (tertiary/aromatic N) is 3. The third kappa shape index (κ3) is 9.14. The monoisotopic (exact) mass is 585 g/mol. The highest BCUT2D eigenvalue weighted by Gasteiger charge is 2.51. The zero-order valence-electron chi connectivity index (χ0n) is 24.1. The number of amides is 2. The Kier molecular flexibility index (Phi) is 10.7. The first-order chi connectivity index (χ1) is 18.5. The van der Waals surface area contributed by atoms with Crippen molar-refractivity contribution in [3.8, 4) is 0 Å². The largest absolute Gasteiger partial charge is 0.444 e. The molecule has 0 aromatic heterocycles. The molecule has 2 aliphatic carbocycles. The number of rotatable bonds is 6. The molecule has 1 aliphatic heterocycles. The van der Waals surface area contributed by atoms with Crippen LogP contribution >= 0.6 is 0 Å². The van der Waals surface area contributed by atoms with E-state index in [-0.39, 0.29) is 37.6 Å². The standard InChI is InChI=1S/C28H45F6N3O3/c1-26(2,3)40-25(39)37-14-12-36(13-15-37)23(20-8-6-5-7-9-20)24(38)35(4)11-10-19-16-21(27(29,30)31)18-22(17-19)28(32,33)34/h19-23H,5-18H2,1-4H3. The minimum Gasteiger partial charge on any atom is -0.444 e. The molecule has 3 rings (SSSR count). The molecule has 12 heteroatoms. The third-order valence-corrected chi connectivity index (χ3v) is 8.69. The van der Waals surface area contributed by atoms with Crippen LogP contribution in [-0.4, -0.2) is 90.5 Å². The van der Waals surface area contributed by atoms with Gasteiger partial charge in [0.15, 0.2) is 0 Å². The molecule has 1 heterocycles. The normalized spacial score (nSPS) is 26.9. The Morgan fingerprint density at radius 2 is 1.38 bits per heavy atom. The number of likely N-dealkylation sites (N-methyl/N-ethyl adjacent to an activating group) is 1. The van der Waals surface area contributed by atoms with E-state index in [2.05, 4.69) is 4.90 Å². The summed E-state index contributed by atoms with van der Waals surface area (Å²) in [6.45, 7) is 7.31. The van der Waals surface area contributed by atoms with E-state index in [1.807, 2.05) is 0 Å². The highest BCUT2D eigenvalue weighted by atomic mass is 19.4. The maximum absolute atomic E-state index is 13.8. The van der Waals surface area contributed by atoms with Crippen LogP contribution in [0.4, 0.5) is 31.1 Å². The van der Waals surface area contributed by atoms with Gasteiger partial charge in [-0.05, 0) is 71.1 Å². The first-order valence-electron chi connectivity index (χ1n) is 14.6. The van der Waals surface area contributed by atoms with Crippen LogP contribution in [0.3, 0.4) is 0 Å². The Morgan fingerprint density at radius 3 is 1.85 bits per heavy atom. The van der Waals surface area contributed by atoms with Crippen molar-refractivity contribution in [3.05, 3.63) is 0 Å². The topological polar surface area (TPSA) is 53.1 Å². The van der Waals surface area contributed by atoms with Crippen LogP contribution in [0.25, 0.3) is 0 Å². The zero-order valence-corrected chi connectivity index (χ0v) is 24.1. The van der Waals surface area contributed by atoms with E-state index in [1.54, 1.807) is 32.7 Å². The number of carbonyl (C=O) groups is 2. The molecule has 40 heavy (non-hydrogen) atoms. The van der Waals surface area contributed by atoms with Crippen LogP contribution < -0.4 is 0 Å². The second-order valence-electron chi connectivity index (χ2n) is 12.9. The van der Waals surface area contributed by atoms with Crippen molar-refractivity contribution < 1.29 is 40.7 Å². The number of piperazine rings is 1. The van der Waals surface area contributed by atoms with Gasteiger partial charge in [-0.1, -0.05) is 19.3 Å². The molecule has 3 atom stereocenters. The highest BCUT2D eigenvalue weighted by molar-refractivity contribution is 5.82. The predicted octanol–water partition coefficient (Wildman–Crippen LogP) is 6.49. The first kappa shape index (κ1) is 32.8. The number of carbonyl (C=O) groups excluding carboxylic acids is 2. The molecule has 0 radical (unpaired) electrons. The second-order valence-corrected chi connectivity index (χ2v) is 12.9. The Balaban J connectivity index is 1.64. The lowest BCUT2D eigenvalue weighted by Gasteiger charge is -2.44. The fraction of sp³-hybridized carbons (Fsp3) is 0.929. The van der Waals surface area contributed by atoms with Crippen molar-refractivity contribution in [2.24, 2.45) is 23.7 Å². The van der Waals surface area contributed by atoms with Crippen LogP contribution in [0.2, 0.25) is 0 Å². The molecule has 1 saturated heterocycles. The Morgan fingerprint density at radius 1 is 0.850 bits per heavy atom. The van der Waals surface area contributed by atoms with Gasteiger partial charge in [-0.2, -0.15) is 26.3 Å². The Labute approximate surface area is 233 Å². The lowest BCUT2D eigenvalue weighted by atomic mass is 9.73. The van der Waals surface area contributed by atoms with E-state index in [4.69, 9.17) is 4.74 Å². The van der Waals surface area contributed by atoms with Crippen molar-refractivity contribution in [2.75, 3.05) is 39.8 Å². The summed E-state index contributed by atoms with van der Waals surface area (Å²) in [5, 5.41) is 0. The molecule has 0 aromatic carbocycles. The van der Waals surface area contributed by atoms with Crippen molar-refractivity contribution in [1.29, 1.82) is 0 Å². The lowest BCUT2D eigenvalue weighted by molar-refractivity contribution is -0.229. The molecule has 0 N–H and O–H groups in total. The van der Waals surface area contributed by atoms with E-state index < -0.39 is 54.3 Å². The molecule has 6 nitrogen and oxygen atoms in total.